The minimum absolute atomic E-state index is 0.383. The van der Waals surface area contributed by atoms with Crippen LogP contribution in [-0.2, 0) is 0 Å². The standard InChI is InChI=1S/C18H15BN2/c1-3-8-14-12(6-1)19-13-7-2-4-9-15(13)21-17-11-5-10-16(20-14)18(17)19/h1-12,14,20-21H. The molecule has 2 aromatic rings. The molecule has 2 N–H and O–H groups in total. The number of allylic oxidation sites excluding steroid dienone is 2. The number of fused-ring (bicyclic) bond motifs is 4. The molecule has 2 atom stereocenters. The lowest BCUT2D eigenvalue weighted by Crippen LogP contribution is -2.58. The average molecular weight is 270 g/mol. The zero-order valence-corrected chi connectivity index (χ0v) is 11.6. The van der Waals surface area contributed by atoms with Crippen molar-refractivity contribution in [2.75, 3.05) is 10.6 Å². The Labute approximate surface area is 124 Å². The summed E-state index contributed by atoms with van der Waals surface area (Å²) in [6, 6.07) is 15.6. The zero-order valence-electron chi connectivity index (χ0n) is 11.6. The van der Waals surface area contributed by atoms with E-state index < -0.39 is 0 Å². The summed E-state index contributed by atoms with van der Waals surface area (Å²) in [5.41, 5.74) is 6.58. The third kappa shape index (κ3) is 1.49. The van der Waals surface area contributed by atoms with Gasteiger partial charge < -0.3 is 10.6 Å². The smallest absolute Gasteiger partial charge is 0.226 e. The van der Waals surface area contributed by atoms with Crippen molar-refractivity contribution in [3.8, 4) is 0 Å². The molecule has 1 aliphatic carbocycles. The van der Waals surface area contributed by atoms with Crippen LogP contribution in [0.25, 0.3) is 0 Å². The van der Waals surface area contributed by atoms with Crippen molar-refractivity contribution in [3.05, 3.63) is 66.8 Å². The average Bonchev–Trinajstić information content (AvgIpc) is 2.54. The Kier molecular flexibility index (Phi) is 2.17. The molecular weight excluding hydrogens is 255 g/mol. The van der Waals surface area contributed by atoms with Crippen molar-refractivity contribution >= 4 is 34.7 Å². The Morgan fingerprint density at radius 2 is 1.62 bits per heavy atom. The summed E-state index contributed by atoms with van der Waals surface area (Å²) >= 11 is 0. The van der Waals surface area contributed by atoms with Gasteiger partial charge in [0.05, 0.1) is 0 Å². The number of nitrogens with one attached hydrogen (secondary N) is 2. The predicted molar refractivity (Wildman–Crippen MR) is 90.6 cm³/mol. The molecule has 21 heavy (non-hydrogen) atoms. The number of hydrogen-bond acceptors (Lipinski definition) is 2. The van der Waals surface area contributed by atoms with Gasteiger partial charge >= 0.3 is 0 Å². The van der Waals surface area contributed by atoms with Crippen molar-refractivity contribution in [3.63, 3.8) is 0 Å². The van der Waals surface area contributed by atoms with Gasteiger partial charge in [-0.25, -0.2) is 0 Å². The van der Waals surface area contributed by atoms with Crippen LogP contribution in [-0.4, -0.2) is 12.8 Å². The Balaban J connectivity index is 1.80. The molecule has 100 valence electrons. The predicted octanol–water partition coefficient (Wildman–Crippen LogP) is 2.64. The normalized spacial score (nSPS) is 23.5. The van der Waals surface area contributed by atoms with Crippen molar-refractivity contribution in [1.82, 2.24) is 0 Å². The molecular formula is C18H15BN2. The van der Waals surface area contributed by atoms with Crippen molar-refractivity contribution < 1.29 is 0 Å². The highest BCUT2D eigenvalue weighted by molar-refractivity contribution is 6.91. The summed E-state index contributed by atoms with van der Waals surface area (Å²) in [7, 11) is 0. The lowest BCUT2D eigenvalue weighted by molar-refractivity contribution is 0.858. The van der Waals surface area contributed by atoms with Crippen LogP contribution in [0.5, 0.6) is 0 Å². The fourth-order valence-electron chi connectivity index (χ4n) is 3.98. The highest BCUT2D eigenvalue weighted by Gasteiger charge is 2.42. The number of para-hydroxylation sites is 1. The van der Waals surface area contributed by atoms with E-state index in [1.165, 1.54) is 28.0 Å². The van der Waals surface area contributed by atoms with E-state index >= 15 is 0 Å². The monoisotopic (exact) mass is 270 g/mol. The maximum Gasteiger partial charge on any atom is 0.226 e. The fourth-order valence-corrected chi connectivity index (χ4v) is 3.98. The first kappa shape index (κ1) is 11.3. The van der Waals surface area contributed by atoms with Crippen LogP contribution in [0.4, 0.5) is 17.1 Å². The first-order valence-corrected chi connectivity index (χ1v) is 7.52. The fraction of sp³-hybridized carbons (Fsp3) is 0.111. The Hall–Kier alpha value is -2.42. The highest BCUT2D eigenvalue weighted by Crippen LogP contribution is 2.36. The number of rotatable bonds is 0. The highest BCUT2D eigenvalue weighted by atomic mass is 15.0. The topological polar surface area (TPSA) is 24.1 Å². The van der Waals surface area contributed by atoms with Gasteiger partial charge in [0.15, 0.2) is 0 Å². The first-order chi connectivity index (χ1) is 10.4. The second kappa shape index (κ2) is 4.04. The van der Waals surface area contributed by atoms with E-state index in [9.17, 15) is 0 Å². The summed E-state index contributed by atoms with van der Waals surface area (Å²) in [6.07, 6.45) is 8.96. The second-order valence-electron chi connectivity index (χ2n) is 5.97. The maximum absolute atomic E-state index is 3.69. The van der Waals surface area contributed by atoms with Crippen LogP contribution in [0.3, 0.4) is 0 Å². The molecule has 0 spiro atoms. The molecule has 2 aromatic carbocycles. The molecule has 0 bridgehead atoms. The van der Waals surface area contributed by atoms with Crippen LogP contribution in [0.15, 0.2) is 66.8 Å². The van der Waals surface area contributed by atoms with E-state index in [1.807, 2.05) is 0 Å². The first-order valence-electron chi connectivity index (χ1n) is 7.52. The minimum atomic E-state index is 0.383. The maximum atomic E-state index is 3.69. The van der Waals surface area contributed by atoms with E-state index in [1.54, 1.807) is 0 Å². The summed E-state index contributed by atoms with van der Waals surface area (Å²) < 4.78 is 0. The van der Waals surface area contributed by atoms with Gasteiger partial charge in [0.2, 0.25) is 6.71 Å². The summed E-state index contributed by atoms with van der Waals surface area (Å²) in [4.78, 5) is 0. The third-order valence-corrected chi connectivity index (χ3v) is 4.87. The molecule has 0 aromatic heterocycles. The second-order valence-corrected chi connectivity index (χ2v) is 5.97. The number of anilines is 3. The van der Waals surface area contributed by atoms with Gasteiger partial charge in [-0.05, 0) is 29.5 Å². The van der Waals surface area contributed by atoms with Crippen LogP contribution in [0, 0.1) is 0 Å². The van der Waals surface area contributed by atoms with Gasteiger partial charge in [-0.1, -0.05) is 54.0 Å². The van der Waals surface area contributed by atoms with Gasteiger partial charge in [0.1, 0.15) is 0 Å². The molecule has 5 rings (SSSR count). The Bertz CT molecular complexity index is 794. The molecule has 2 nitrogen and oxygen atoms in total. The van der Waals surface area contributed by atoms with E-state index in [0.29, 0.717) is 18.6 Å². The van der Waals surface area contributed by atoms with Gasteiger partial charge in [-0.3, -0.25) is 0 Å². The van der Waals surface area contributed by atoms with Crippen LogP contribution in [0.1, 0.15) is 0 Å². The van der Waals surface area contributed by atoms with Gasteiger partial charge in [0, 0.05) is 23.1 Å². The Morgan fingerprint density at radius 3 is 2.62 bits per heavy atom. The molecule has 3 aliphatic rings. The summed E-state index contributed by atoms with van der Waals surface area (Å²) in [6.45, 7) is 0.432. The van der Waals surface area contributed by atoms with E-state index in [0.717, 1.165) is 0 Å². The molecule has 0 radical (unpaired) electrons. The third-order valence-electron chi connectivity index (χ3n) is 4.87. The van der Waals surface area contributed by atoms with Gasteiger partial charge in [0.25, 0.3) is 0 Å². The van der Waals surface area contributed by atoms with Crippen LogP contribution < -0.4 is 21.6 Å². The minimum Gasteiger partial charge on any atom is -0.379 e. The van der Waals surface area contributed by atoms with Crippen molar-refractivity contribution in [2.45, 2.75) is 11.9 Å². The molecule has 2 unspecified atom stereocenters. The number of benzene rings is 2. The van der Waals surface area contributed by atoms with Gasteiger partial charge in [-0.15, -0.1) is 0 Å². The lowest BCUT2D eigenvalue weighted by Gasteiger charge is -2.41. The molecule has 2 heterocycles. The molecule has 3 heteroatoms. The molecule has 0 saturated carbocycles. The molecule has 0 amide bonds. The van der Waals surface area contributed by atoms with Crippen molar-refractivity contribution in [1.29, 1.82) is 0 Å². The van der Waals surface area contributed by atoms with E-state index in [-0.39, 0.29) is 0 Å². The lowest BCUT2D eigenvalue weighted by atomic mass is 9.29. The van der Waals surface area contributed by atoms with E-state index in [4.69, 9.17) is 0 Å². The quantitative estimate of drug-likeness (QED) is 0.719. The molecule has 0 fully saturated rings. The summed E-state index contributed by atoms with van der Waals surface area (Å²) in [5.74, 6) is 0.479. The van der Waals surface area contributed by atoms with Crippen molar-refractivity contribution in [2.24, 2.45) is 0 Å². The van der Waals surface area contributed by atoms with Crippen LogP contribution in [0.2, 0.25) is 5.82 Å². The SMILES string of the molecule is C1=CC2Nc3cccc4c3B(c3ccccc3N4)C2C=C1. The van der Waals surface area contributed by atoms with E-state index in [2.05, 4.69) is 77.4 Å². The number of hydrogen-bond donors (Lipinski definition) is 2. The molecule has 2 aliphatic heterocycles. The molecule has 0 saturated heterocycles. The zero-order chi connectivity index (χ0) is 13.8. The Morgan fingerprint density at radius 1 is 0.810 bits per heavy atom. The van der Waals surface area contributed by atoms with Crippen LogP contribution >= 0.6 is 0 Å². The van der Waals surface area contributed by atoms with Gasteiger partial charge in [-0.2, -0.15) is 0 Å². The largest absolute Gasteiger partial charge is 0.379 e. The summed E-state index contributed by atoms with van der Waals surface area (Å²) in [5, 5.41) is 7.28.